The number of likely N-dealkylation sites (tertiary alicyclic amines) is 1. The van der Waals surface area contributed by atoms with Crippen LogP contribution in [0.3, 0.4) is 0 Å². The smallest absolute Gasteiger partial charge is 0.236 e. The van der Waals surface area contributed by atoms with E-state index in [1.165, 1.54) is 32.2 Å². The van der Waals surface area contributed by atoms with Gasteiger partial charge in [0.15, 0.2) is 0 Å². The lowest BCUT2D eigenvalue weighted by Gasteiger charge is -2.34. The molecule has 2 aliphatic rings. The summed E-state index contributed by atoms with van der Waals surface area (Å²) in [5.74, 6) is 0.988. The van der Waals surface area contributed by atoms with E-state index in [4.69, 9.17) is 0 Å². The Bertz CT molecular complexity index is 261. The maximum atomic E-state index is 11.8. The van der Waals surface area contributed by atoms with Gasteiger partial charge in [-0.1, -0.05) is 0 Å². The van der Waals surface area contributed by atoms with E-state index in [1.54, 1.807) is 4.90 Å². The van der Waals surface area contributed by atoms with Crippen LogP contribution in [0.15, 0.2) is 0 Å². The van der Waals surface area contributed by atoms with Crippen LogP contribution in [0.4, 0.5) is 0 Å². The molecule has 0 aromatic heterocycles. The van der Waals surface area contributed by atoms with E-state index >= 15 is 0 Å². The molecule has 98 valence electrons. The van der Waals surface area contributed by atoms with Crippen molar-refractivity contribution >= 4 is 5.91 Å². The van der Waals surface area contributed by atoms with Crippen molar-refractivity contribution in [3.8, 4) is 0 Å². The third-order valence-electron chi connectivity index (χ3n) is 4.13. The van der Waals surface area contributed by atoms with Crippen molar-refractivity contribution < 1.29 is 4.79 Å². The van der Waals surface area contributed by atoms with Gasteiger partial charge >= 0.3 is 0 Å². The summed E-state index contributed by atoms with van der Waals surface area (Å²) in [4.78, 5) is 15.9. The molecule has 0 aromatic carbocycles. The van der Waals surface area contributed by atoms with Crippen molar-refractivity contribution in [3.63, 3.8) is 0 Å². The summed E-state index contributed by atoms with van der Waals surface area (Å²) in [5.41, 5.74) is 0. The molecular formula is C13H25N3O. The molecule has 2 rings (SSSR count). The van der Waals surface area contributed by atoms with E-state index < -0.39 is 0 Å². The zero-order valence-corrected chi connectivity index (χ0v) is 11.1. The lowest BCUT2D eigenvalue weighted by molar-refractivity contribution is -0.130. The molecule has 2 saturated heterocycles. The van der Waals surface area contributed by atoms with Gasteiger partial charge in [0.25, 0.3) is 0 Å². The summed E-state index contributed by atoms with van der Waals surface area (Å²) < 4.78 is 0. The Balaban J connectivity index is 1.89. The maximum absolute atomic E-state index is 11.8. The molecule has 2 atom stereocenters. The van der Waals surface area contributed by atoms with Gasteiger partial charge in [-0.2, -0.15) is 0 Å². The van der Waals surface area contributed by atoms with Crippen LogP contribution in [-0.4, -0.2) is 62.0 Å². The summed E-state index contributed by atoms with van der Waals surface area (Å²) in [6.45, 7) is 4.01. The normalized spacial score (nSPS) is 30.5. The molecule has 0 bridgehead atoms. The highest BCUT2D eigenvalue weighted by Crippen LogP contribution is 2.27. The molecule has 2 unspecified atom stereocenters. The van der Waals surface area contributed by atoms with E-state index in [2.05, 4.69) is 10.2 Å². The summed E-state index contributed by atoms with van der Waals surface area (Å²) >= 11 is 0. The largest absolute Gasteiger partial charge is 0.348 e. The van der Waals surface area contributed by atoms with E-state index in [0.717, 1.165) is 19.0 Å². The Labute approximate surface area is 104 Å². The number of hydrogen-bond donors (Lipinski definition) is 1. The first-order valence-corrected chi connectivity index (χ1v) is 6.83. The zero-order chi connectivity index (χ0) is 12.3. The zero-order valence-electron chi connectivity index (χ0n) is 11.1. The summed E-state index contributed by atoms with van der Waals surface area (Å²) in [6, 6.07) is 0.631. The molecule has 2 heterocycles. The molecule has 4 nitrogen and oxygen atoms in total. The van der Waals surface area contributed by atoms with Gasteiger partial charge < -0.3 is 10.2 Å². The fourth-order valence-corrected chi connectivity index (χ4v) is 3.10. The van der Waals surface area contributed by atoms with E-state index in [9.17, 15) is 4.79 Å². The standard InChI is InChI=1S/C13H25N3O/c1-15(2)13(17)10-16-8-4-6-12(16)11-5-3-7-14-9-11/h11-12,14H,3-10H2,1-2H3. The van der Waals surface area contributed by atoms with Crippen molar-refractivity contribution in [3.05, 3.63) is 0 Å². The molecule has 0 aliphatic carbocycles. The molecule has 1 amide bonds. The topological polar surface area (TPSA) is 35.6 Å². The van der Waals surface area contributed by atoms with E-state index in [-0.39, 0.29) is 5.91 Å². The molecule has 0 saturated carbocycles. The number of carbonyl (C=O) groups excluding carboxylic acids is 1. The number of nitrogens with zero attached hydrogens (tertiary/aromatic N) is 2. The van der Waals surface area contributed by atoms with Gasteiger partial charge in [0.05, 0.1) is 6.54 Å². The third kappa shape index (κ3) is 3.19. The van der Waals surface area contributed by atoms with E-state index in [1.807, 2.05) is 14.1 Å². The SMILES string of the molecule is CN(C)C(=O)CN1CCCC1C1CCCNC1. The number of carbonyl (C=O) groups is 1. The molecule has 0 radical (unpaired) electrons. The van der Waals surface area contributed by atoms with Crippen LogP contribution in [0.1, 0.15) is 25.7 Å². The van der Waals surface area contributed by atoms with Crippen LogP contribution in [-0.2, 0) is 4.79 Å². The lowest BCUT2D eigenvalue weighted by Crippen LogP contribution is -2.46. The first-order chi connectivity index (χ1) is 8.18. The third-order valence-corrected chi connectivity index (χ3v) is 4.13. The van der Waals surface area contributed by atoms with Crippen LogP contribution in [0.25, 0.3) is 0 Å². The Kier molecular flexibility index (Phi) is 4.40. The van der Waals surface area contributed by atoms with Crippen LogP contribution in [0.5, 0.6) is 0 Å². The van der Waals surface area contributed by atoms with Gasteiger partial charge in [0, 0.05) is 20.1 Å². The fourth-order valence-electron chi connectivity index (χ4n) is 3.10. The first kappa shape index (κ1) is 12.8. The van der Waals surface area contributed by atoms with Crippen LogP contribution in [0, 0.1) is 5.92 Å². The average molecular weight is 239 g/mol. The van der Waals surface area contributed by atoms with Gasteiger partial charge in [0.1, 0.15) is 0 Å². The number of piperidine rings is 1. The van der Waals surface area contributed by atoms with Crippen molar-refractivity contribution in [2.45, 2.75) is 31.7 Å². The molecule has 2 fully saturated rings. The minimum atomic E-state index is 0.237. The van der Waals surface area contributed by atoms with Gasteiger partial charge in [-0.3, -0.25) is 9.69 Å². The Hall–Kier alpha value is -0.610. The molecule has 4 heteroatoms. The minimum absolute atomic E-state index is 0.237. The molecular weight excluding hydrogens is 214 g/mol. The second kappa shape index (κ2) is 5.83. The fraction of sp³-hybridized carbons (Fsp3) is 0.923. The van der Waals surface area contributed by atoms with Gasteiger partial charge in [0.2, 0.25) is 5.91 Å². The van der Waals surface area contributed by atoms with Crippen molar-refractivity contribution in [1.29, 1.82) is 0 Å². The minimum Gasteiger partial charge on any atom is -0.348 e. The molecule has 1 N–H and O–H groups in total. The van der Waals surface area contributed by atoms with Crippen LogP contribution < -0.4 is 5.32 Å². The highest BCUT2D eigenvalue weighted by atomic mass is 16.2. The number of nitrogens with one attached hydrogen (secondary N) is 1. The summed E-state index contributed by atoms with van der Waals surface area (Å²) in [5, 5.41) is 3.49. The highest BCUT2D eigenvalue weighted by Gasteiger charge is 2.33. The van der Waals surface area contributed by atoms with Crippen LogP contribution >= 0.6 is 0 Å². The second-order valence-corrected chi connectivity index (χ2v) is 5.57. The molecule has 2 aliphatic heterocycles. The Morgan fingerprint density at radius 2 is 2.18 bits per heavy atom. The Morgan fingerprint density at radius 1 is 1.35 bits per heavy atom. The number of likely N-dealkylation sites (N-methyl/N-ethyl adjacent to an activating group) is 1. The molecule has 0 aromatic rings. The van der Waals surface area contributed by atoms with Gasteiger partial charge in [-0.05, 0) is 51.2 Å². The lowest BCUT2D eigenvalue weighted by atomic mass is 9.90. The van der Waals surface area contributed by atoms with Gasteiger partial charge in [-0.25, -0.2) is 0 Å². The van der Waals surface area contributed by atoms with Gasteiger partial charge in [-0.15, -0.1) is 0 Å². The summed E-state index contributed by atoms with van der Waals surface area (Å²) in [7, 11) is 3.69. The molecule has 17 heavy (non-hydrogen) atoms. The summed E-state index contributed by atoms with van der Waals surface area (Å²) in [6.07, 6.45) is 5.13. The quantitative estimate of drug-likeness (QED) is 0.781. The Morgan fingerprint density at radius 3 is 2.82 bits per heavy atom. The predicted molar refractivity (Wildman–Crippen MR) is 68.9 cm³/mol. The number of rotatable bonds is 3. The highest BCUT2D eigenvalue weighted by molar-refractivity contribution is 5.77. The van der Waals surface area contributed by atoms with Crippen molar-refractivity contribution in [2.24, 2.45) is 5.92 Å². The maximum Gasteiger partial charge on any atom is 0.236 e. The van der Waals surface area contributed by atoms with Crippen molar-refractivity contribution in [2.75, 3.05) is 40.3 Å². The first-order valence-electron chi connectivity index (χ1n) is 6.83. The average Bonchev–Trinajstić information content (AvgIpc) is 2.78. The van der Waals surface area contributed by atoms with Crippen LogP contribution in [0.2, 0.25) is 0 Å². The number of hydrogen-bond acceptors (Lipinski definition) is 3. The molecule has 0 spiro atoms. The predicted octanol–water partition coefficient (Wildman–Crippen LogP) is 0.539. The van der Waals surface area contributed by atoms with Crippen molar-refractivity contribution in [1.82, 2.24) is 15.1 Å². The van der Waals surface area contributed by atoms with E-state index in [0.29, 0.717) is 12.6 Å². The monoisotopic (exact) mass is 239 g/mol. The number of amides is 1. The second-order valence-electron chi connectivity index (χ2n) is 5.57.